The minimum Gasteiger partial charge on any atom is -0.497 e. The van der Waals surface area contributed by atoms with Crippen LogP contribution in [0.25, 0.3) is 21.9 Å². The summed E-state index contributed by atoms with van der Waals surface area (Å²) in [5, 5.41) is 3.90. The normalized spacial score (nSPS) is 15.1. The Morgan fingerprint density at radius 1 is 1.12 bits per heavy atom. The van der Waals surface area contributed by atoms with E-state index in [9.17, 15) is 9.59 Å². The van der Waals surface area contributed by atoms with Gasteiger partial charge < -0.3 is 20.0 Å². The van der Waals surface area contributed by atoms with Crippen molar-refractivity contribution < 1.29 is 9.53 Å². The molecule has 2 aromatic heterocycles. The Hall–Kier alpha value is -3.43. The summed E-state index contributed by atoms with van der Waals surface area (Å²) < 4.78 is 6.82. The number of rotatable bonds is 6. The first-order chi connectivity index (χ1) is 16.5. The first-order valence-corrected chi connectivity index (χ1v) is 11.8. The molecule has 3 N–H and O–H groups in total. The van der Waals surface area contributed by atoms with Crippen molar-refractivity contribution in [2.24, 2.45) is 0 Å². The summed E-state index contributed by atoms with van der Waals surface area (Å²) in [6, 6.07) is 16.0. The van der Waals surface area contributed by atoms with Gasteiger partial charge in [0.15, 0.2) is 4.77 Å². The molecule has 0 spiro atoms. The fourth-order valence-corrected chi connectivity index (χ4v) is 4.88. The van der Waals surface area contributed by atoms with Gasteiger partial charge in [-0.15, -0.1) is 0 Å². The van der Waals surface area contributed by atoms with Crippen LogP contribution in [0.15, 0.2) is 53.3 Å². The Morgan fingerprint density at radius 3 is 2.62 bits per heavy atom. The third-order valence-corrected chi connectivity index (χ3v) is 6.77. The van der Waals surface area contributed by atoms with Crippen LogP contribution in [0.2, 0.25) is 0 Å². The molecule has 0 atom stereocenters. The summed E-state index contributed by atoms with van der Waals surface area (Å²) in [5.41, 5.74) is 2.78. The van der Waals surface area contributed by atoms with Crippen LogP contribution in [0, 0.1) is 4.77 Å². The van der Waals surface area contributed by atoms with Crippen LogP contribution < -0.4 is 15.6 Å². The molecule has 4 aromatic rings. The molecular formula is C25H27N5O3S. The lowest BCUT2D eigenvalue weighted by Crippen LogP contribution is -2.45. The molecule has 9 heteroatoms. The molecule has 1 amide bonds. The molecule has 1 aliphatic rings. The van der Waals surface area contributed by atoms with Gasteiger partial charge in [-0.25, -0.2) is 0 Å². The molecule has 176 valence electrons. The van der Waals surface area contributed by atoms with E-state index in [1.807, 2.05) is 24.3 Å². The topological polar surface area (TPSA) is 95.2 Å². The molecule has 8 nitrogen and oxygen atoms in total. The van der Waals surface area contributed by atoms with E-state index in [-0.39, 0.29) is 28.8 Å². The average Bonchev–Trinajstić information content (AvgIpc) is 3.21. The van der Waals surface area contributed by atoms with Crippen molar-refractivity contribution >= 4 is 40.1 Å². The predicted octanol–water partition coefficient (Wildman–Crippen LogP) is 3.33. The fourth-order valence-electron chi connectivity index (χ4n) is 4.63. The van der Waals surface area contributed by atoms with Crippen LogP contribution in [0.4, 0.5) is 0 Å². The minimum absolute atomic E-state index is 0.0945. The van der Waals surface area contributed by atoms with E-state index in [4.69, 9.17) is 17.0 Å². The van der Waals surface area contributed by atoms with Gasteiger partial charge >= 0.3 is 0 Å². The van der Waals surface area contributed by atoms with Crippen LogP contribution in [-0.4, -0.2) is 51.6 Å². The lowest BCUT2D eigenvalue weighted by molar-refractivity contribution is -0.122. The number of methoxy groups -OCH3 is 1. The van der Waals surface area contributed by atoms with Crippen molar-refractivity contribution in [3.8, 4) is 5.75 Å². The van der Waals surface area contributed by atoms with Gasteiger partial charge in [0.2, 0.25) is 5.91 Å². The number of fused-ring (bicyclic) bond motifs is 3. The second-order valence-electron chi connectivity index (χ2n) is 8.71. The van der Waals surface area contributed by atoms with E-state index in [0.29, 0.717) is 16.8 Å². The van der Waals surface area contributed by atoms with Crippen molar-refractivity contribution in [3.05, 3.63) is 69.2 Å². The number of ether oxygens (including phenoxy) is 1. The summed E-state index contributed by atoms with van der Waals surface area (Å²) in [4.78, 5) is 34.6. The molecule has 0 bridgehead atoms. The van der Waals surface area contributed by atoms with Crippen molar-refractivity contribution in [3.63, 3.8) is 0 Å². The number of nitrogens with one attached hydrogen (secondary N) is 3. The number of hydrogen-bond acceptors (Lipinski definition) is 5. The van der Waals surface area contributed by atoms with Crippen molar-refractivity contribution in [2.45, 2.75) is 32.0 Å². The Kier molecular flexibility index (Phi) is 6.21. The smallest absolute Gasteiger partial charge is 0.279 e. The van der Waals surface area contributed by atoms with Crippen LogP contribution >= 0.6 is 12.2 Å². The van der Waals surface area contributed by atoms with Crippen molar-refractivity contribution in [1.82, 2.24) is 24.8 Å². The van der Waals surface area contributed by atoms with E-state index in [1.54, 1.807) is 7.11 Å². The van der Waals surface area contributed by atoms with Gasteiger partial charge in [-0.05, 0) is 48.8 Å². The van der Waals surface area contributed by atoms with Gasteiger partial charge in [-0.3, -0.25) is 19.1 Å². The lowest BCUT2D eigenvalue weighted by Gasteiger charge is -2.32. The molecule has 1 saturated heterocycles. The monoisotopic (exact) mass is 477 g/mol. The van der Waals surface area contributed by atoms with Gasteiger partial charge in [-0.2, -0.15) is 0 Å². The minimum atomic E-state index is -0.318. The van der Waals surface area contributed by atoms with Crippen LogP contribution in [-0.2, 0) is 17.9 Å². The Bertz CT molecular complexity index is 1450. The molecular weight excluding hydrogens is 450 g/mol. The molecule has 34 heavy (non-hydrogen) atoms. The van der Waals surface area contributed by atoms with E-state index < -0.39 is 0 Å². The maximum absolute atomic E-state index is 13.1. The Balaban J connectivity index is 1.26. The highest BCUT2D eigenvalue weighted by Crippen LogP contribution is 2.25. The van der Waals surface area contributed by atoms with E-state index >= 15 is 0 Å². The van der Waals surface area contributed by atoms with Gasteiger partial charge in [0.25, 0.3) is 5.56 Å². The summed E-state index contributed by atoms with van der Waals surface area (Å²) in [6.07, 6.45) is 1.76. The number of nitrogens with zero attached hydrogens (tertiary/aromatic N) is 2. The highest BCUT2D eigenvalue weighted by molar-refractivity contribution is 7.71. The van der Waals surface area contributed by atoms with Gasteiger partial charge in [-0.1, -0.05) is 30.3 Å². The number of benzene rings is 2. The summed E-state index contributed by atoms with van der Waals surface area (Å²) in [7, 11) is 1.59. The summed E-state index contributed by atoms with van der Waals surface area (Å²) >= 11 is 5.43. The number of aromatic amines is 2. The molecule has 0 radical (unpaired) electrons. The van der Waals surface area contributed by atoms with E-state index in [1.165, 1.54) is 10.1 Å². The second-order valence-corrected chi connectivity index (χ2v) is 9.10. The number of aromatic nitrogens is 3. The third kappa shape index (κ3) is 4.49. The van der Waals surface area contributed by atoms with Crippen LogP contribution in [0.3, 0.4) is 0 Å². The number of carbonyl (C=O) groups excluding carboxylic acids is 1. The fraction of sp³-hybridized carbons (Fsp3) is 0.320. The third-order valence-electron chi connectivity index (χ3n) is 6.45. The molecule has 1 fully saturated rings. The number of likely N-dealkylation sites (tertiary alicyclic amines) is 1. The first-order valence-electron chi connectivity index (χ1n) is 11.4. The van der Waals surface area contributed by atoms with Crippen molar-refractivity contribution in [2.75, 3.05) is 20.2 Å². The van der Waals surface area contributed by atoms with E-state index in [0.717, 1.165) is 43.4 Å². The maximum Gasteiger partial charge on any atom is 0.279 e. The summed E-state index contributed by atoms with van der Waals surface area (Å²) in [5.74, 6) is 0.478. The number of hydrogen-bond donors (Lipinski definition) is 3. The van der Waals surface area contributed by atoms with Gasteiger partial charge in [0.05, 0.1) is 12.6 Å². The highest BCUT2D eigenvalue weighted by atomic mass is 32.1. The molecule has 3 heterocycles. The van der Waals surface area contributed by atoms with E-state index in [2.05, 4.69) is 44.5 Å². The average molecular weight is 478 g/mol. The molecule has 0 unspecified atom stereocenters. The molecule has 2 aromatic carbocycles. The molecule has 0 aliphatic carbocycles. The number of piperidine rings is 1. The Labute approximate surface area is 201 Å². The zero-order valence-electron chi connectivity index (χ0n) is 19.0. The summed E-state index contributed by atoms with van der Waals surface area (Å²) in [6.45, 7) is 2.64. The quantitative estimate of drug-likeness (QED) is 0.370. The highest BCUT2D eigenvalue weighted by Gasteiger charge is 2.21. The Morgan fingerprint density at radius 2 is 1.88 bits per heavy atom. The largest absolute Gasteiger partial charge is 0.497 e. The first kappa shape index (κ1) is 22.4. The standard InChI is InChI=1S/C25H27N5O3S/c1-33-18-7-8-20-19(13-18)22-23(27-20)24(32)30(25(34)28-22)15-21(31)26-17-9-11-29(12-10-17)14-16-5-3-2-4-6-16/h2-8,13,17,27H,9-12,14-15H2,1H3,(H,26,31)(H,28,34). The number of amides is 1. The molecule has 0 saturated carbocycles. The van der Waals surface area contributed by atoms with Crippen LogP contribution in [0.5, 0.6) is 5.75 Å². The zero-order chi connectivity index (χ0) is 23.7. The molecule has 1 aliphatic heterocycles. The number of carbonyl (C=O) groups is 1. The maximum atomic E-state index is 13.1. The SMILES string of the molecule is COc1ccc2[nH]c3c(=O)n(CC(=O)NC4CCN(Cc5ccccc5)CC4)c(=S)[nH]c3c2c1. The zero-order valence-corrected chi connectivity index (χ0v) is 19.8. The number of H-pyrrole nitrogens is 2. The van der Waals surface area contributed by atoms with Gasteiger partial charge in [0.1, 0.15) is 17.8 Å². The lowest BCUT2D eigenvalue weighted by atomic mass is 10.0. The van der Waals surface area contributed by atoms with Crippen LogP contribution in [0.1, 0.15) is 18.4 Å². The van der Waals surface area contributed by atoms with Crippen molar-refractivity contribution in [1.29, 1.82) is 0 Å². The predicted molar refractivity (Wildman–Crippen MR) is 135 cm³/mol. The second kappa shape index (κ2) is 9.44. The molecule has 5 rings (SSSR count). The van der Waals surface area contributed by atoms with Gasteiger partial charge in [0, 0.05) is 36.6 Å².